The van der Waals surface area contributed by atoms with E-state index >= 15 is 0 Å². The molecule has 1 N–H and O–H groups in total. The summed E-state index contributed by atoms with van der Waals surface area (Å²) in [6.45, 7) is 2.41. The molecule has 2 rings (SSSR count). The average molecular weight is 252 g/mol. The van der Waals surface area contributed by atoms with E-state index < -0.39 is 0 Å². The lowest BCUT2D eigenvalue weighted by molar-refractivity contribution is 0.922. The lowest BCUT2D eigenvalue weighted by Gasteiger charge is -2.04. The van der Waals surface area contributed by atoms with Gasteiger partial charge in [-0.05, 0) is 24.1 Å². The van der Waals surface area contributed by atoms with E-state index in [2.05, 4.69) is 46.7 Å². The zero-order valence-electron chi connectivity index (χ0n) is 10.9. The Bertz CT molecular complexity index is 552. The minimum atomic E-state index is 0.236. The molecule has 4 heteroatoms. The predicted molar refractivity (Wildman–Crippen MR) is 75.6 cm³/mol. The molecule has 0 aliphatic rings. The zero-order valence-corrected chi connectivity index (χ0v) is 10.9. The van der Waals surface area contributed by atoms with Gasteiger partial charge in [-0.2, -0.15) is 5.26 Å². The maximum atomic E-state index is 8.47. The van der Waals surface area contributed by atoms with Gasteiger partial charge in [-0.15, -0.1) is 10.2 Å². The highest BCUT2D eigenvalue weighted by Gasteiger charge is 2.01. The van der Waals surface area contributed by atoms with E-state index in [0.717, 1.165) is 24.1 Å². The summed E-state index contributed by atoms with van der Waals surface area (Å²) in [6, 6.07) is 14.1. The summed E-state index contributed by atoms with van der Waals surface area (Å²) in [6.07, 6.45) is 2.25. The van der Waals surface area contributed by atoms with E-state index in [1.54, 1.807) is 0 Å². The molecule has 0 radical (unpaired) electrons. The van der Waals surface area contributed by atoms with E-state index in [-0.39, 0.29) is 6.54 Å². The van der Waals surface area contributed by atoms with Gasteiger partial charge in [-0.25, -0.2) is 0 Å². The Morgan fingerprint density at radius 2 is 1.89 bits per heavy atom. The number of hydrogen-bond acceptors (Lipinski definition) is 4. The SMILES string of the molecule is CCCc1ccc(-c2ccc(NCC#N)nn2)cc1. The van der Waals surface area contributed by atoms with Crippen LogP contribution in [0.4, 0.5) is 5.82 Å². The molecule has 19 heavy (non-hydrogen) atoms. The fraction of sp³-hybridized carbons (Fsp3) is 0.267. The Morgan fingerprint density at radius 3 is 2.47 bits per heavy atom. The van der Waals surface area contributed by atoms with Crippen LogP contribution in [-0.2, 0) is 6.42 Å². The van der Waals surface area contributed by atoms with Crippen LogP contribution in [-0.4, -0.2) is 16.7 Å². The molecule has 0 unspecified atom stereocenters. The molecule has 1 aromatic heterocycles. The maximum absolute atomic E-state index is 8.47. The number of rotatable bonds is 5. The van der Waals surface area contributed by atoms with Crippen molar-refractivity contribution >= 4 is 5.82 Å². The van der Waals surface area contributed by atoms with Crippen molar-refractivity contribution < 1.29 is 0 Å². The monoisotopic (exact) mass is 252 g/mol. The van der Waals surface area contributed by atoms with Crippen molar-refractivity contribution in [2.75, 3.05) is 11.9 Å². The average Bonchev–Trinajstić information content (AvgIpc) is 2.47. The number of aryl methyl sites for hydroxylation is 1. The summed E-state index contributed by atoms with van der Waals surface area (Å²) in [5.41, 5.74) is 3.23. The second-order valence-electron chi connectivity index (χ2n) is 4.26. The molecule has 0 amide bonds. The van der Waals surface area contributed by atoms with Crippen LogP contribution in [0.5, 0.6) is 0 Å². The molecule has 0 spiro atoms. The molecular formula is C15H16N4. The van der Waals surface area contributed by atoms with Gasteiger partial charge >= 0.3 is 0 Å². The highest BCUT2D eigenvalue weighted by atomic mass is 15.2. The van der Waals surface area contributed by atoms with Crippen molar-refractivity contribution in [2.24, 2.45) is 0 Å². The number of benzene rings is 1. The summed E-state index contributed by atoms with van der Waals surface area (Å²) >= 11 is 0. The number of anilines is 1. The molecule has 4 nitrogen and oxygen atoms in total. The van der Waals surface area contributed by atoms with Crippen LogP contribution in [0.1, 0.15) is 18.9 Å². The molecule has 0 aliphatic carbocycles. The standard InChI is InChI=1S/C15H16N4/c1-2-3-12-4-6-13(7-5-12)14-8-9-15(19-18-14)17-11-10-16/h4-9H,2-3,11H2,1H3,(H,17,19). The highest BCUT2D eigenvalue weighted by Crippen LogP contribution is 2.18. The van der Waals surface area contributed by atoms with Gasteiger partial charge < -0.3 is 5.32 Å². The van der Waals surface area contributed by atoms with Crippen LogP contribution >= 0.6 is 0 Å². The van der Waals surface area contributed by atoms with E-state index in [0.29, 0.717) is 5.82 Å². The number of nitriles is 1. The van der Waals surface area contributed by atoms with Gasteiger partial charge in [-0.3, -0.25) is 0 Å². The fourth-order valence-corrected chi connectivity index (χ4v) is 1.84. The van der Waals surface area contributed by atoms with Crippen LogP contribution in [0.3, 0.4) is 0 Å². The molecule has 0 atom stereocenters. The van der Waals surface area contributed by atoms with Crippen molar-refractivity contribution in [3.05, 3.63) is 42.0 Å². The topological polar surface area (TPSA) is 61.6 Å². The molecular weight excluding hydrogens is 236 g/mol. The third kappa shape index (κ3) is 3.52. The summed E-state index contributed by atoms with van der Waals surface area (Å²) in [7, 11) is 0. The van der Waals surface area contributed by atoms with Gasteiger partial charge in [0, 0.05) is 5.56 Å². The Balaban J connectivity index is 2.11. The van der Waals surface area contributed by atoms with Crippen LogP contribution in [0.2, 0.25) is 0 Å². The number of aromatic nitrogens is 2. The third-order valence-corrected chi connectivity index (χ3v) is 2.80. The van der Waals surface area contributed by atoms with Crippen molar-refractivity contribution in [1.29, 1.82) is 5.26 Å². The maximum Gasteiger partial charge on any atom is 0.149 e. The van der Waals surface area contributed by atoms with Gasteiger partial charge in [0.1, 0.15) is 12.4 Å². The van der Waals surface area contributed by atoms with Gasteiger partial charge in [0.2, 0.25) is 0 Å². The molecule has 96 valence electrons. The van der Waals surface area contributed by atoms with E-state index in [4.69, 9.17) is 5.26 Å². The van der Waals surface area contributed by atoms with E-state index in [1.165, 1.54) is 5.56 Å². The molecule has 0 saturated carbocycles. The van der Waals surface area contributed by atoms with Gasteiger partial charge in [0.25, 0.3) is 0 Å². The van der Waals surface area contributed by atoms with Crippen molar-refractivity contribution in [2.45, 2.75) is 19.8 Å². The second-order valence-corrected chi connectivity index (χ2v) is 4.26. The Hall–Kier alpha value is -2.41. The molecule has 1 aromatic carbocycles. The Morgan fingerprint density at radius 1 is 1.11 bits per heavy atom. The first-order valence-corrected chi connectivity index (χ1v) is 6.37. The highest BCUT2D eigenvalue weighted by molar-refractivity contribution is 5.59. The summed E-state index contributed by atoms with van der Waals surface area (Å²) in [4.78, 5) is 0. The number of nitrogens with one attached hydrogen (secondary N) is 1. The first-order valence-electron chi connectivity index (χ1n) is 6.37. The molecule has 0 bridgehead atoms. The quantitative estimate of drug-likeness (QED) is 0.831. The first kappa shape index (κ1) is 13.0. The molecule has 0 saturated heterocycles. The summed E-state index contributed by atoms with van der Waals surface area (Å²) in [5.74, 6) is 0.618. The van der Waals surface area contributed by atoms with Crippen LogP contribution in [0.15, 0.2) is 36.4 Å². The Kier molecular flexibility index (Phi) is 4.46. The fourth-order valence-electron chi connectivity index (χ4n) is 1.84. The van der Waals surface area contributed by atoms with Crippen molar-refractivity contribution in [3.8, 4) is 17.3 Å². The third-order valence-electron chi connectivity index (χ3n) is 2.80. The van der Waals surface area contributed by atoms with Gasteiger partial charge in [0.05, 0.1) is 11.8 Å². The molecule has 0 fully saturated rings. The lowest BCUT2D eigenvalue weighted by atomic mass is 10.1. The zero-order chi connectivity index (χ0) is 13.5. The molecule has 1 heterocycles. The minimum Gasteiger partial charge on any atom is -0.356 e. The van der Waals surface area contributed by atoms with Crippen molar-refractivity contribution in [3.63, 3.8) is 0 Å². The van der Waals surface area contributed by atoms with Gasteiger partial charge in [0.15, 0.2) is 0 Å². The smallest absolute Gasteiger partial charge is 0.149 e. The van der Waals surface area contributed by atoms with Crippen molar-refractivity contribution in [1.82, 2.24) is 10.2 Å². The number of nitrogens with zero attached hydrogens (tertiary/aromatic N) is 3. The Labute approximate surface area is 113 Å². The summed E-state index contributed by atoms with van der Waals surface area (Å²) in [5, 5.41) is 19.5. The second kappa shape index (κ2) is 6.50. The predicted octanol–water partition coefficient (Wildman–Crippen LogP) is 3.03. The molecule has 2 aromatic rings. The normalized spacial score (nSPS) is 9.89. The largest absolute Gasteiger partial charge is 0.356 e. The molecule has 0 aliphatic heterocycles. The van der Waals surface area contributed by atoms with Crippen LogP contribution < -0.4 is 5.32 Å². The summed E-state index contributed by atoms with van der Waals surface area (Å²) < 4.78 is 0. The van der Waals surface area contributed by atoms with Gasteiger partial charge in [-0.1, -0.05) is 37.6 Å². The van der Waals surface area contributed by atoms with Crippen LogP contribution in [0, 0.1) is 11.3 Å². The van der Waals surface area contributed by atoms with Crippen LogP contribution in [0.25, 0.3) is 11.3 Å². The van der Waals surface area contributed by atoms with E-state index in [9.17, 15) is 0 Å². The minimum absolute atomic E-state index is 0.236. The lowest BCUT2D eigenvalue weighted by Crippen LogP contribution is -2.01. The van der Waals surface area contributed by atoms with E-state index in [1.807, 2.05) is 18.2 Å². The number of hydrogen-bond donors (Lipinski definition) is 1. The first-order chi connectivity index (χ1) is 9.33.